The third-order valence-electron chi connectivity index (χ3n) is 4.12. The number of halogens is 4. The highest BCUT2D eigenvalue weighted by atomic mass is 127. The van der Waals surface area contributed by atoms with Crippen LogP contribution in [0.2, 0.25) is 0 Å². The van der Waals surface area contributed by atoms with Gasteiger partial charge < -0.3 is 10.6 Å². The van der Waals surface area contributed by atoms with Gasteiger partial charge in [0.05, 0.1) is 18.8 Å². The maximum absolute atomic E-state index is 12.4. The average molecular weight is 505 g/mol. The molecule has 1 saturated heterocycles. The molecule has 1 atom stereocenters. The Kier molecular flexibility index (Phi) is 9.59. The van der Waals surface area contributed by atoms with E-state index < -0.39 is 12.7 Å². The monoisotopic (exact) mass is 505 g/mol. The summed E-state index contributed by atoms with van der Waals surface area (Å²) in [7, 11) is 1.68. The molecule has 1 aliphatic rings. The molecule has 0 spiro atoms. The van der Waals surface area contributed by atoms with Crippen LogP contribution in [0.15, 0.2) is 10.4 Å². The van der Waals surface area contributed by atoms with Crippen LogP contribution in [0, 0.1) is 5.92 Å². The van der Waals surface area contributed by atoms with Gasteiger partial charge in [0, 0.05) is 25.5 Å². The van der Waals surface area contributed by atoms with E-state index in [9.17, 15) is 13.2 Å². The van der Waals surface area contributed by atoms with Crippen LogP contribution in [-0.2, 0) is 6.54 Å². The normalized spacial score (nSPS) is 18.9. The van der Waals surface area contributed by atoms with Crippen molar-refractivity contribution in [3.05, 3.63) is 16.1 Å². The molecule has 26 heavy (non-hydrogen) atoms. The van der Waals surface area contributed by atoms with Crippen molar-refractivity contribution in [2.75, 3.05) is 33.2 Å². The van der Waals surface area contributed by atoms with Crippen LogP contribution in [-0.4, -0.2) is 55.2 Å². The number of likely N-dealkylation sites (tertiary alicyclic amines) is 1. The third-order valence-corrected chi connectivity index (χ3v) is 4.99. The van der Waals surface area contributed by atoms with E-state index in [0.29, 0.717) is 38.1 Å². The molecule has 5 nitrogen and oxygen atoms in total. The molecule has 0 aliphatic carbocycles. The van der Waals surface area contributed by atoms with Crippen molar-refractivity contribution in [2.45, 2.75) is 38.9 Å². The van der Waals surface area contributed by atoms with E-state index in [0.717, 1.165) is 17.1 Å². The van der Waals surface area contributed by atoms with Gasteiger partial charge in [0.15, 0.2) is 5.96 Å². The molecule has 0 radical (unpaired) electrons. The van der Waals surface area contributed by atoms with Crippen LogP contribution in [0.1, 0.15) is 36.9 Å². The molecule has 10 heteroatoms. The highest BCUT2D eigenvalue weighted by Crippen LogP contribution is 2.22. The molecule has 2 rings (SSSR count). The molecule has 1 fully saturated rings. The van der Waals surface area contributed by atoms with Crippen molar-refractivity contribution in [1.29, 1.82) is 0 Å². The van der Waals surface area contributed by atoms with Gasteiger partial charge in [-0.25, -0.2) is 4.98 Å². The first-order chi connectivity index (χ1) is 11.8. The van der Waals surface area contributed by atoms with E-state index in [1.807, 2.05) is 0 Å². The number of nitrogens with one attached hydrogen (secondary N) is 2. The highest BCUT2D eigenvalue weighted by Gasteiger charge is 2.34. The lowest BCUT2D eigenvalue weighted by atomic mass is 10.1. The van der Waals surface area contributed by atoms with E-state index in [2.05, 4.69) is 39.8 Å². The number of rotatable bonds is 6. The summed E-state index contributed by atoms with van der Waals surface area (Å²) in [5, 5.41) is 9.46. The van der Waals surface area contributed by atoms with Gasteiger partial charge in [-0.2, -0.15) is 13.2 Å². The number of aliphatic imine (C=N–C) groups is 1. The lowest BCUT2D eigenvalue weighted by Gasteiger charge is -2.18. The molecular formula is C16H27F3IN5S. The summed E-state index contributed by atoms with van der Waals surface area (Å²) in [6, 6.07) is 0. The molecule has 1 aromatic heterocycles. The standard InChI is InChI=1S/C16H26F3N5S.HI/c1-11(2)13-9-25-14(23-13)7-22-15(20-3)21-6-12-4-5-24(8-12)10-16(17,18)19;/h9,11-12H,4-8,10H2,1-3H3,(H2,20,21,22);1H. The van der Waals surface area contributed by atoms with E-state index in [4.69, 9.17) is 0 Å². The van der Waals surface area contributed by atoms with Gasteiger partial charge in [-0.05, 0) is 24.8 Å². The van der Waals surface area contributed by atoms with Crippen LogP contribution >= 0.6 is 35.3 Å². The number of aromatic nitrogens is 1. The van der Waals surface area contributed by atoms with Crippen LogP contribution in [0.4, 0.5) is 13.2 Å². The summed E-state index contributed by atoms with van der Waals surface area (Å²) < 4.78 is 37.3. The Morgan fingerprint density at radius 3 is 2.73 bits per heavy atom. The van der Waals surface area contributed by atoms with Gasteiger partial charge in [0.1, 0.15) is 5.01 Å². The highest BCUT2D eigenvalue weighted by molar-refractivity contribution is 14.0. The van der Waals surface area contributed by atoms with Crippen LogP contribution in [0.3, 0.4) is 0 Å². The Hall–Kier alpha value is -0.620. The summed E-state index contributed by atoms with van der Waals surface area (Å²) in [6.07, 6.45) is -3.35. The second-order valence-corrected chi connectivity index (χ2v) is 7.58. The van der Waals surface area contributed by atoms with Crippen LogP contribution in [0.25, 0.3) is 0 Å². The summed E-state index contributed by atoms with van der Waals surface area (Å²) in [5.41, 5.74) is 1.08. The summed E-state index contributed by atoms with van der Waals surface area (Å²) in [5.74, 6) is 1.26. The first kappa shape index (κ1) is 23.4. The fourth-order valence-electron chi connectivity index (χ4n) is 2.77. The molecule has 2 N–H and O–H groups in total. The molecule has 0 amide bonds. The molecule has 1 aromatic rings. The van der Waals surface area contributed by atoms with Crippen molar-refractivity contribution in [1.82, 2.24) is 20.5 Å². The molecule has 0 bridgehead atoms. The van der Waals surface area contributed by atoms with Crippen molar-refractivity contribution in [2.24, 2.45) is 10.9 Å². The first-order valence-corrected chi connectivity index (χ1v) is 9.32. The molecule has 1 aliphatic heterocycles. The quantitative estimate of drug-likeness (QED) is 0.354. The van der Waals surface area contributed by atoms with Crippen molar-refractivity contribution in [3.63, 3.8) is 0 Å². The zero-order valence-corrected chi connectivity index (χ0v) is 18.4. The third kappa shape index (κ3) is 7.95. The molecule has 150 valence electrons. The Morgan fingerprint density at radius 2 is 2.15 bits per heavy atom. The lowest BCUT2D eigenvalue weighted by molar-refractivity contribution is -0.143. The average Bonchev–Trinajstić information content (AvgIpc) is 3.15. The zero-order chi connectivity index (χ0) is 18.4. The van der Waals surface area contributed by atoms with Crippen molar-refractivity contribution in [3.8, 4) is 0 Å². The first-order valence-electron chi connectivity index (χ1n) is 8.44. The maximum Gasteiger partial charge on any atom is 0.401 e. The van der Waals surface area contributed by atoms with Crippen molar-refractivity contribution < 1.29 is 13.2 Å². The molecule has 0 aromatic carbocycles. The number of guanidine groups is 1. The van der Waals surface area contributed by atoms with E-state index in [1.54, 1.807) is 18.4 Å². The van der Waals surface area contributed by atoms with Gasteiger partial charge >= 0.3 is 6.18 Å². The van der Waals surface area contributed by atoms with E-state index in [1.165, 1.54) is 4.90 Å². The fourth-order valence-corrected chi connectivity index (χ4v) is 3.66. The smallest absolute Gasteiger partial charge is 0.356 e. The Morgan fingerprint density at radius 1 is 1.42 bits per heavy atom. The minimum absolute atomic E-state index is 0. The topological polar surface area (TPSA) is 52.6 Å². The molecular weight excluding hydrogens is 478 g/mol. The second kappa shape index (κ2) is 10.6. The number of nitrogens with zero attached hydrogens (tertiary/aromatic N) is 3. The number of hydrogen-bond donors (Lipinski definition) is 2. The molecule has 2 heterocycles. The van der Waals surface area contributed by atoms with Gasteiger partial charge in [0.25, 0.3) is 0 Å². The number of alkyl halides is 3. The van der Waals surface area contributed by atoms with Crippen LogP contribution in [0.5, 0.6) is 0 Å². The van der Waals surface area contributed by atoms with Gasteiger partial charge in [-0.15, -0.1) is 35.3 Å². The number of thiazole rings is 1. The predicted octanol–water partition coefficient (Wildman–Crippen LogP) is 3.43. The van der Waals surface area contributed by atoms with Crippen molar-refractivity contribution >= 4 is 41.3 Å². The Labute approximate surface area is 173 Å². The largest absolute Gasteiger partial charge is 0.401 e. The van der Waals surface area contributed by atoms with Gasteiger partial charge in [-0.3, -0.25) is 9.89 Å². The number of hydrogen-bond acceptors (Lipinski definition) is 4. The second-order valence-electron chi connectivity index (χ2n) is 6.63. The summed E-state index contributed by atoms with van der Waals surface area (Å²) in [6.45, 7) is 5.55. The maximum atomic E-state index is 12.4. The lowest BCUT2D eigenvalue weighted by Crippen LogP contribution is -2.40. The van der Waals surface area contributed by atoms with Crippen LogP contribution < -0.4 is 10.6 Å². The molecule has 1 unspecified atom stereocenters. The van der Waals surface area contributed by atoms with E-state index in [-0.39, 0.29) is 29.9 Å². The minimum Gasteiger partial charge on any atom is -0.356 e. The Bertz CT molecular complexity index is 576. The minimum atomic E-state index is -4.12. The fraction of sp³-hybridized carbons (Fsp3) is 0.750. The SMILES string of the molecule is CN=C(NCc1nc(C(C)C)cs1)NCC1CCN(CC(F)(F)F)C1.I. The van der Waals surface area contributed by atoms with Gasteiger partial charge in [-0.1, -0.05) is 13.8 Å². The molecule has 0 saturated carbocycles. The Balaban J connectivity index is 0.00000338. The predicted molar refractivity (Wildman–Crippen MR) is 110 cm³/mol. The van der Waals surface area contributed by atoms with Gasteiger partial charge in [0.2, 0.25) is 0 Å². The zero-order valence-electron chi connectivity index (χ0n) is 15.3. The summed E-state index contributed by atoms with van der Waals surface area (Å²) >= 11 is 1.61. The summed E-state index contributed by atoms with van der Waals surface area (Å²) in [4.78, 5) is 10.2. The van der Waals surface area contributed by atoms with E-state index >= 15 is 0 Å².